The summed E-state index contributed by atoms with van der Waals surface area (Å²) in [5.41, 5.74) is 6.23. The van der Waals surface area contributed by atoms with Crippen LogP contribution in [0.4, 0.5) is 0 Å². The van der Waals surface area contributed by atoms with E-state index in [-0.39, 0.29) is 0 Å². The van der Waals surface area contributed by atoms with Gasteiger partial charge in [0.05, 0.1) is 0 Å². The third-order valence-electron chi connectivity index (χ3n) is 5.59. The highest BCUT2D eigenvalue weighted by Gasteiger charge is 2.27. The molecule has 3 aromatic rings. The normalized spacial score (nSPS) is 15.5. The predicted octanol–water partition coefficient (Wildman–Crippen LogP) is 5.80. The molecule has 29 heavy (non-hydrogen) atoms. The first kappa shape index (κ1) is 20.3. The largest absolute Gasteiger partial charge is 0.252 e. The highest BCUT2D eigenvalue weighted by molar-refractivity contribution is 7.91. The number of hydrogen-bond acceptors (Lipinski definition) is 3. The highest BCUT2D eigenvalue weighted by Crippen LogP contribution is 2.33. The molecule has 0 amide bonds. The second kappa shape index (κ2) is 8.42. The molecule has 1 fully saturated rings. The van der Waals surface area contributed by atoms with Crippen molar-refractivity contribution in [3.05, 3.63) is 76.9 Å². The Balaban J connectivity index is 1.57. The van der Waals surface area contributed by atoms with Gasteiger partial charge in [0.1, 0.15) is 4.21 Å². The molecule has 152 valence electrons. The number of nitrogens with zero attached hydrogens (tertiary/aromatic N) is 1. The minimum atomic E-state index is -3.37. The second-order valence-corrected chi connectivity index (χ2v) is 11.1. The lowest BCUT2D eigenvalue weighted by Gasteiger charge is -2.25. The summed E-state index contributed by atoms with van der Waals surface area (Å²) >= 11 is 1.38. The van der Waals surface area contributed by atoms with Gasteiger partial charge in [0.2, 0.25) is 0 Å². The molecule has 5 heteroatoms. The number of rotatable bonds is 5. The fourth-order valence-electron chi connectivity index (χ4n) is 3.95. The number of hydrogen-bond donors (Lipinski definition) is 0. The average Bonchev–Trinajstić information content (AvgIpc) is 3.22. The highest BCUT2D eigenvalue weighted by atomic mass is 32.2. The third kappa shape index (κ3) is 4.47. The zero-order valence-electron chi connectivity index (χ0n) is 17.0. The summed E-state index contributed by atoms with van der Waals surface area (Å²) in [6.07, 6.45) is 3.91. The Hall–Kier alpha value is -1.95. The molecule has 4 rings (SSSR count). The van der Waals surface area contributed by atoms with Gasteiger partial charge >= 0.3 is 0 Å². The Morgan fingerprint density at radius 1 is 0.931 bits per heavy atom. The van der Waals surface area contributed by atoms with Gasteiger partial charge in [0, 0.05) is 18.0 Å². The molecule has 0 spiro atoms. The maximum Gasteiger partial charge on any atom is 0.252 e. The lowest BCUT2D eigenvalue weighted by atomic mass is 9.98. The third-order valence-corrected chi connectivity index (χ3v) is 9.10. The van der Waals surface area contributed by atoms with Crippen LogP contribution in [0.3, 0.4) is 0 Å². The molecule has 0 bridgehead atoms. The van der Waals surface area contributed by atoms with E-state index in [1.165, 1.54) is 33.6 Å². The van der Waals surface area contributed by atoms with Crippen LogP contribution in [0.25, 0.3) is 10.4 Å². The molecule has 0 saturated carbocycles. The van der Waals surface area contributed by atoms with Gasteiger partial charge in [0.15, 0.2) is 0 Å². The van der Waals surface area contributed by atoms with Crippen molar-refractivity contribution in [2.24, 2.45) is 0 Å². The standard InChI is InChI=1S/C24H27NO2S2/c1-18-9-10-21(19(2)15-18)16-20-7-6-8-22(17-20)23-11-12-24(28-23)29(26,27)25-13-4-3-5-14-25/h6-12,15,17H,3-5,13-14,16H2,1-2H3. The summed E-state index contributed by atoms with van der Waals surface area (Å²) < 4.78 is 28.0. The van der Waals surface area contributed by atoms with E-state index in [0.717, 1.165) is 36.1 Å². The van der Waals surface area contributed by atoms with Crippen LogP contribution in [0.1, 0.15) is 41.5 Å². The van der Waals surface area contributed by atoms with Gasteiger partial charge in [-0.15, -0.1) is 11.3 Å². The number of sulfonamides is 1. The minimum absolute atomic E-state index is 0.453. The summed E-state index contributed by atoms with van der Waals surface area (Å²) in [5.74, 6) is 0. The average molecular weight is 426 g/mol. The van der Waals surface area contributed by atoms with Gasteiger partial charge < -0.3 is 0 Å². The van der Waals surface area contributed by atoms with E-state index in [2.05, 4.69) is 56.3 Å². The maximum absolute atomic E-state index is 12.9. The quantitative estimate of drug-likeness (QED) is 0.518. The van der Waals surface area contributed by atoms with Gasteiger partial charge in [-0.2, -0.15) is 4.31 Å². The molecule has 0 aliphatic carbocycles. The number of piperidine rings is 1. The van der Waals surface area contributed by atoms with E-state index in [1.54, 1.807) is 10.4 Å². The minimum Gasteiger partial charge on any atom is -0.206 e. The van der Waals surface area contributed by atoms with Gasteiger partial charge in [-0.05, 0) is 67.5 Å². The van der Waals surface area contributed by atoms with Crippen LogP contribution in [0.5, 0.6) is 0 Å². The van der Waals surface area contributed by atoms with E-state index in [4.69, 9.17) is 0 Å². The molecule has 0 N–H and O–H groups in total. The Morgan fingerprint density at radius 2 is 1.72 bits per heavy atom. The molecule has 1 aromatic heterocycles. The molecular weight excluding hydrogens is 398 g/mol. The van der Waals surface area contributed by atoms with E-state index in [9.17, 15) is 8.42 Å². The molecular formula is C24H27NO2S2. The van der Waals surface area contributed by atoms with Crippen molar-refractivity contribution in [2.75, 3.05) is 13.1 Å². The van der Waals surface area contributed by atoms with Crippen molar-refractivity contribution in [3.63, 3.8) is 0 Å². The van der Waals surface area contributed by atoms with Crippen LogP contribution < -0.4 is 0 Å². The van der Waals surface area contributed by atoms with Gasteiger partial charge in [-0.3, -0.25) is 0 Å². The maximum atomic E-state index is 12.9. The smallest absolute Gasteiger partial charge is 0.206 e. The monoisotopic (exact) mass is 425 g/mol. The van der Waals surface area contributed by atoms with E-state index >= 15 is 0 Å². The second-order valence-electron chi connectivity index (χ2n) is 7.89. The topological polar surface area (TPSA) is 37.4 Å². The van der Waals surface area contributed by atoms with Gasteiger partial charge in [-0.1, -0.05) is 54.4 Å². The van der Waals surface area contributed by atoms with E-state index in [1.807, 2.05) is 6.07 Å². The SMILES string of the molecule is Cc1ccc(Cc2cccc(-c3ccc(S(=O)(=O)N4CCCCC4)s3)c2)c(C)c1. The zero-order chi connectivity index (χ0) is 20.4. The van der Waals surface area contributed by atoms with Gasteiger partial charge in [-0.25, -0.2) is 8.42 Å². The lowest BCUT2D eigenvalue weighted by Crippen LogP contribution is -2.35. The summed E-state index contributed by atoms with van der Waals surface area (Å²) in [6.45, 7) is 5.55. The van der Waals surface area contributed by atoms with Crippen LogP contribution in [0, 0.1) is 13.8 Å². The summed E-state index contributed by atoms with van der Waals surface area (Å²) in [6, 6.07) is 18.7. The first-order valence-corrected chi connectivity index (χ1v) is 12.4. The van der Waals surface area contributed by atoms with Crippen molar-refractivity contribution in [1.82, 2.24) is 4.31 Å². The van der Waals surface area contributed by atoms with E-state index < -0.39 is 10.0 Å². The van der Waals surface area contributed by atoms with Crippen molar-refractivity contribution < 1.29 is 8.42 Å². The van der Waals surface area contributed by atoms with Crippen molar-refractivity contribution in [2.45, 2.75) is 43.7 Å². The molecule has 0 unspecified atom stereocenters. The van der Waals surface area contributed by atoms with Crippen molar-refractivity contribution in [1.29, 1.82) is 0 Å². The molecule has 0 atom stereocenters. The summed E-state index contributed by atoms with van der Waals surface area (Å²) in [5, 5.41) is 0. The molecule has 1 aliphatic rings. The van der Waals surface area contributed by atoms with E-state index in [0.29, 0.717) is 17.3 Å². The Kier molecular flexibility index (Phi) is 5.91. The van der Waals surface area contributed by atoms with Crippen LogP contribution in [0.15, 0.2) is 58.8 Å². The van der Waals surface area contributed by atoms with Crippen molar-refractivity contribution >= 4 is 21.4 Å². The summed E-state index contributed by atoms with van der Waals surface area (Å²) in [4.78, 5) is 1.00. The molecule has 1 aliphatic heterocycles. The molecule has 1 saturated heterocycles. The fraction of sp³-hybridized carbons (Fsp3) is 0.333. The van der Waals surface area contributed by atoms with Crippen LogP contribution in [0.2, 0.25) is 0 Å². The molecule has 2 heterocycles. The molecule has 2 aromatic carbocycles. The number of benzene rings is 2. The number of aryl methyl sites for hydroxylation is 2. The Bertz CT molecular complexity index is 1110. The van der Waals surface area contributed by atoms with Gasteiger partial charge in [0.25, 0.3) is 10.0 Å². The fourth-order valence-corrected chi connectivity index (χ4v) is 6.92. The Morgan fingerprint density at radius 3 is 2.48 bits per heavy atom. The van der Waals surface area contributed by atoms with Crippen LogP contribution in [-0.4, -0.2) is 25.8 Å². The first-order chi connectivity index (χ1) is 13.9. The lowest BCUT2D eigenvalue weighted by molar-refractivity contribution is 0.347. The zero-order valence-corrected chi connectivity index (χ0v) is 18.7. The number of thiophene rings is 1. The summed E-state index contributed by atoms with van der Waals surface area (Å²) in [7, 11) is -3.37. The Labute approximate surface area is 178 Å². The molecule has 0 radical (unpaired) electrons. The van der Waals surface area contributed by atoms with Crippen LogP contribution >= 0.6 is 11.3 Å². The first-order valence-electron chi connectivity index (χ1n) is 10.2. The molecule has 3 nitrogen and oxygen atoms in total. The predicted molar refractivity (Wildman–Crippen MR) is 121 cm³/mol. The van der Waals surface area contributed by atoms with Crippen LogP contribution in [-0.2, 0) is 16.4 Å². The van der Waals surface area contributed by atoms with Crippen molar-refractivity contribution in [3.8, 4) is 10.4 Å².